The molecule has 2 fully saturated rings. The van der Waals surface area contributed by atoms with Gasteiger partial charge in [-0.1, -0.05) is 0 Å². The van der Waals surface area contributed by atoms with Crippen LogP contribution in [-0.4, -0.2) is 55.4 Å². The Hall–Kier alpha value is -0.360. The van der Waals surface area contributed by atoms with Crippen LogP contribution in [0.1, 0.15) is 19.8 Å². The predicted octanol–water partition coefficient (Wildman–Crippen LogP) is 0.162. The normalized spacial score (nSPS) is 33.3. The van der Waals surface area contributed by atoms with Crippen LogP contribution in [0.3, 0.4) is 0 Å². The van der Waals surface area contributed by atoms with Crippen molar-refractivity contribution in [2.75, 3.05) is 26.3 Å². The van der Waals surface area contributed by atoms with Crippen molar-refractivity contribution in [3.05, 3.63) is 0 Å². The van der Waals surface area contributed by atoms with Crippen molar-refractivity contribution < 1.29 is 14.3 Å². The Morgan fingerprint density at radius 2 is 2.24 bits per heavy atom. The Bertz CT molecular complexity index is 265. The number of rotatable bonds is 2. The molecule has 2 rings (SSSR count). The molecule has 2 aliphatic rings. The second-order valence-electron chi connectivity index (χ2n) is 4.52. The van der Waals surface area contributed by atoms with Crippen molar-refractivity contribution in [2.45, 2.75) is 38.0 Å². The van der Waals surface area contributed by atoms with Crippen LogP contribution in [0.4, 0.5) is 0 Å². The van der Waals surface area contributed by atoms with E-state index in [1.807, 2.05) is 11.8 Å². The van der Waals surface area contributed by atoms with Gasteiger partial charge in [-0.25, -0.2) is 0 Å². The largest absolute Gasteiger partial charge is 0.377 e. The zero-order valence-electron chi connectivity index (χ0n) is 10.1. The van der Waals surface area contributed by atoms with E-state index >= 15 is 0 Å². The Morgan fingerprint density at radius 3 is 2.82 bits per heavy atom. The Balaban J connectivity index is 0.00000144. The van der Waals surface area contributed by atoms with Crippen LogP contribution in [0.5, 0.6) is 0 Å². The lowest BCUT2D eigenvalue weighted by Gasteiger charge is -2.34. The molecule has 17 heavy (non-hydrogen) atoms. The lowest BCUT2D eigenvalue weighted by atomic mass is 10.1. The number of amides is 1. The maximum Gasteiger partial charge on any atom is 0.252 e. The summed E-state index contributed by atoms with van der Waals surface area (Å²) < 4.78 is 10.9. The smallest absolute Gasteiger partial charge is 0.252 e. The number of nitrogens with two attached hydrogens (primary N) is 1. The minimum absolute atomic E-state index is 0. The first-order chi connectivity index (χ1) is 7.72. The molecule has 0 spiro atoms. The second kappa shape index (κ2) is 6.54. The fraction of sp³-hybridized carbons (Fsp3) is 0.909. The third-order valence-electron chi connectivity index (χ3n) is 3.30. The Morgan fingerprint density at radius 1 is 1.47 bits per heavy atom. The molecule has 1 amide bonds. The average molecular weight is 265 g/mol. The highest BCUT2D eigenvalue weighted by molar-refractivity contribution is 5.85. The molecule has 2 N–H and O–H groups in total. The van der Waals surface area contributed by atoms with E-state index in [1.165, 1.54) is 0 Å². The molecule has 100 valence electrons. The van der Waals surface area contributed by atoms with Crippen LogP contribution < -0.4 is 5.73 Å². The first kappa shape index (κ1) is 14.7. The van der Waals surface area contributed by atoms with Gasteiger partial charge in [0.15, 0.2) is 0 Å². The van der Waals surface area contributed by atoms with E-state index in [0.717, 1.165) is 12.8 Å². The fourth-order valence-electron chi connectivity index (χ4n) is 2.30. The molecule has 0 aliphatic carbocycles. The quantitative estimate of drug-likeness (QED) is 0.772. The van der Waals surface area contributed by atoms with Gasteiger partial charge in [0.1, 0.15) is 6.10 Å². The number of hydrogen-bond donors (Lipinski definition) is 1. The van der Waals surface area contributed by atoms with E-state index in [-0.39, 0.29) is 36.6 Å². The highest BCUT2D eigenvalue weighted by Gasteiger charge is 2.35. The number of halogens is 1. The highest BCUT2D eigenvalue weighted by Crippen LogP contribution is 2.22. The zero-order chi connectivity index (χ0) is 11.5. The lowest BCUT2D eigenvalue weighted by Crippen LogP contribution is -2.50. The number of morpholine rings is 1. The maximum absolute atomic E-state index is 12.2. The summed E-state index contributed by atoms with van der Waals surface area (Å²) in [6.07, 6.45) is 1.47. The molecule has 0 radical (unpaired) electrons. The molecule has 0 saturated carbocycles. The molecule has 2 aliphatic heterocycles. The predicted molar refractivity (Wildman–Crippen MR) is 66.2 cm³/mol. The van der Waals surface area contributed by atoms with Crippen LogP contribution in [0.25, 0.3) is 0 Å². The van der Waals surface area contributed by atoms with Gasteiger partial charge in [0.2, 0.25) is 0 Å². The summed E-state index contributed by atoms with van der Waals surface area (Å²) in [5, 5.41) is 0. The molecule has 0 bridgehead atoms. The van der Waals surface area contributed by atoms with Crippen LogP contribution in [0.15, 0.2) is 0 Å². The number of hydrogen-bond acceptors (Lipinski definition) is 4. The summed E-state index contributed by atoms with van der Waals surface area (Å²) in [6, 6.07) is 0.154. The molecule has 0 aromatic carbocycles. The highest BCUT2D eigenvalue weighted by atomic mass is 35.5. The van der Waals surface area contributed by atoms with Crippen LogP contribution >= 0.6 is 12.4 Å². The van der Waals surface area contributed by atoms with Gasteiger partial charge in [-0.15, -0.1) is 12.4 Å². The minimum Gasteiger partial charge on any atom is -0.377 e. The van der Waals surface area contributed by atoms with Gasteiger partial charge in [-0.3, -0.25) is 4.79 Å². The molecule has 0 aromatic rings. The van der Waals surface area contributed by atoms with Gasteiger partial charge < -0.3 is 20.1 Å². The van der Waals surface area contributed by atoms with Gasteiger partial charge in [0.25, 0.3) is 5.91 Å². The van der Waals surface area contributed by atoms with E-state index in [2.05, 4.69) is 0 Å². The third kappa shape index (κ3) is 3.31. The summed E-state index contributed by atoms with van der Waals surface area (Å²) in [7, 11) is 0. The van der Waals surface area contributed by atoms with E-state index in [4.69, 9.17) is 15.2 Å². The molecular weight excluding hydrogens is 244 g/mol. The van der Waals surface area contributed by atoms with Gasteiger partial charge >= 0.3 is 0 Å². The molecule has 1 unspecified atom stereocenters. The number of ether oxygens (including phenoxy) is 2. The van der Waals surface area contributed by atoms with E-state index < -0.39 is 0 Å². The first-order valence-electron chi connectivity index (χ1n) is 5.96. The monoisotopic (exact) mass is 264 g/mol. The van der Waals surface area contributed by atoms with Gasteiger partial charge in [0, 0.05) is 13.1 Å². The fourth-order valence-corrected chi connectivity index (χ4v) is 2.30. The number of carbonyl (C=O) groups excluding carboxylic acids is 1. The molecule has 2 saturated heterocycles. The second-order valence-corrected chi connectivity index (χ2v) is 4.52. The van der Waals surface area contributed by atoms with E-state index in [0.29, 0.717) is 26.3 Å². The zero-order valence-corrected chi connectivity index (χ0v) is 10.9. The summed E-state index contributed by atoms with van der Waals surface area (Å²) in [5.41, 5.74) is 5.53. The SMILES string of the molecule is CC1COCCN1C(=O)[C@@H]1CC[C@H](CN)O1.Cl. The average Bonchev–Trinajstić information content (AvgIpc) is 2.77. The molecular formula is C11H21ClN2O3. The Labute approximate surface area is 108 Å². The number of carbonyl (C=O) groups is 1. The van der Waals surface area contributed by atoms with Crippen LogP contribution in [-0.2, 0) is 14.3 Å². The van der Waals surface area contributed by atoms with Crippen molar-refractivity contribution in [1.29, 1.82) is 0 Å². The van der Waals surface area contributed by atoms with Crippen molar-refractivity contribution >= 4 is 18.3 Å². The molecule has 5 nitrogen and oxygen atoms in total. The van der Waals surface area contributed by atoms with Crippen molar-refractivity contribution in [3.8, 4) is 0 Å². The third-order valence-corrected chi connectivity index (χ3v) is 3.30. The van der Waals surface area contributed by atoms with Gasteiger partial charge in [-0.05, 0) is 19.8 Å². The minimum atomic E-state index is -0.283. The van der Waals surface area contributed by atoms with Crippen molar-refractivity contribution in [2.24, 2.45) is 5.73 Å². The topological polar surface area (TPSA) is 64.8 Å². The number of nitrogens with zero attached hydrogens (tertiary/aromatic N) is 1. The standard InChI is InChI=1S/C11H20N2O3.ClH/c1-8-7-15-5-4-13(8)11(14)10-3-2-9(6-12)16-10;/h8-10H,2-7,12H2,1H3;1H/t8?,9-,10+;/m1./s1. The Kier molecular flexibility index (Phi) is 5.66. The van der Waals surface area contributed by atoms with Crippen molar-refractivity contribution in [3.63, 3.8) is 0 Å². The summed E-state index contributed by atoms with van der Waals surface area (Å²) in [4.78, 5) is 14.0. The molecule has 6 heteroatoms. The first-order valence-corrected chi connectivity index (χ1v) is 5.96. The lowest BCUT2D eigenvalue weighted by molar-refractivity contribution is -0.150. The van der Waals surface area contributed by atoms with Crippen LogP contribution in [0, 0.1) is 0 Å². The summed E-state index contributed by atoms with van der Waals surface area (Å²) in [5.74, 6) is 0.103. The molecule has 2 heterocycles. The van der Waals surface area contributed by atoms with Gasteiger partial charge in [-0.2, -0.15) is 0 Å². The summed E-state index contributed by atoms with van der Waals surface area (Å²) >= 11 is 0. The van der Waals surface area contributed by atoms with E-state index in [1.54, 1.807) is 0 Å². The van der Waals surface area contributed by atoms with Gasteiger partial charge in [0.05, 0.1) is 25.4 Å². The van der Waals surface area contributed by atoms with E-state index in [9.17, 15) is 4.79 Å². The molecule has 0 aromatic heterocycles. The van der Waals surface area contributed by atoms with Crippen LogP contribution in [0.2, 0.25) is 0 Å². The maximum atomic E-state index is 12.2. The van der Waals surface area contributed by atoms with Crippen molar-refractivity contribution in [1.82, 2.24) is 4.90 Å². The molecule has 3 atom stereocenters. The summed E-state index contributed by atoms with van der Waals surface area (Å²) in [6.45, 7) is 4.43.